The van der Waals surface area contributed by atoms with Crippen LogP contribution in [-0.2, 0) is 23.7 Å². The molecule has 7 N–H and O–H groups in total. The second kappa shape index (κ2) is 13.1. The van der Waals surface area contributed by atoms with Crippen molar-refractivity contribution in [3.63, 3.8) is 0 Å². The maximum atomic E-state index is 12.9. The highest BCUT2D eigenvalue weighted by Crippen LogP contribution is 2.75. The van der Waals surface area contributed by atoms with E-state index in [1.807, 2.05) is 0 Å². The molecule has 0 aromatic heterocycles. The molecule has 0 bridgehead atoms. The zero-order valence-corrected chi connectivity index (χ0v) is 30.6. The molecule has 6 fully saturated rings. The number of aliphatic carboxylic acids is 1. The van der Waals surface area contributed by atoms with Gasteiger partial charge in [-0.25, -0.2) is 0 Å². The first-order valence-corrected chi connectivity index (χ1v) is 19.1. The predicted molar refractivity (Wildman–Crippen MR) is 183 cm³/mol. The summed E-state index contributed by atoms with van der Waals surface area (Å²) in [7, 11) is 0. The zero-order valence-electron chi connectivity index (χ0n) is 30.6. The molecule has 2 heterocycles. The van der Waals surface area contributed by atoms with E-state index in [0.29, 0.717) is 25.2 Å². The largest absolute Gasteiger partial charge is 0.481 e. The van der Waals surface area contributed by atoms with Gasteiger partial charge in [0.25, 0.3) is 0 Å². The van der Waals surface area contributed by atoms with Crippen molar-refractivity contribution in [3.8, 4) is 0 Å². The molecule has 0 spiro atoms. The first-order valence-electron chi connectivity index (χ1n) is 19.1. The van der Waals surface area contributed by atoms with Crippen LogP contribution >= 0.6 is 0 Å². The molecule has 12 heteroatoms. The average Bonchev–Trinajstić information content (AvgIpc) is 3.09. The number of carboxylic acids is 1. The topological polar surface area (TPSA) is 196 Å². The Bertz CT molecular complexity index is 1400. The van der Waals surface area contributed by atoms with Gasteiger partial charge in [-0.1, -0.05) is 51.5 Å². The Morgan fingerprint density at radius 3 is 2.24 bits per heavy atom. The highest BCUT2D eigenvalue weighted by Gasteiger charge is 2.69. The van der Waals surface area contributed by atoms with Crippen LogP contribution in [0.3, 0.4) is 0 Å². The Morgan fingerprint density at radius 1 is 0.863 bits per heavy atom. The first-order chi connectivity index (χ1) is 24.0. The Morgan fingerprint density at radius 2 is 1.55 bits per heavy atom. The molecule has 288 valence electrons. The van der Waals surface area contributed by atoms with Crippen molar-refractivity contribution in [2.24, 2.45) is 44.8 Å². The minimum absolute atomic E-state index is 0.0295. The number of ether oxygens (including phenoxy) is 4. The predicted octanol–water partition coefficient (Wildman–Crippen LogP) is 2.66. The Labute approximate surface area is 300 Å². The summed E-state index contributed by atoms with van der Waals surface area (Å²) in [6, 6.07) is 0. The molecule has 5 aliphatic carbocycles. The molecule has 7 rings (SSSR count). The fraction of sp³-hybridized carbons (Fsp3) is 0.872. The molecule has 2 saturated heterocycles. The summed E-state index contributed by atoms with van der Waals surface area (Å²) >= 11 is 0. The third kappa shape index (κ3) is 5.48. The van der Waals surface area contributed by atoms with Crippen molar-refractivity contribution < 1.29 is 59.5 Å². The van der Waals surface area contributed by atoms with Gasteiger partial charge in [-0.2, -0.15) is 0 Å². The average molecular weight is 721 g/mol. The number of aliphatic hydroxyl groups excluding tert-OH is 6. The zero-order chi connectivity index (χ0) is 36.9. The molecule has 12 nitrogen and oxygen atoms in total. The van der Waals surface area contributed by atoms with Gasteiger partial charge in [0.1, 0.15) is 36.6 Å². The van der Waals surface area contributed by atoms with Gasteiger partial charge in [0, 0.05) is 11.3 Å². The van der Waals surface area contributed by atoms with Crippen LogP contribution < -0.4 is 0 Å². The van der Waals surface area contributed by atoms with Crippen LogP contribution in [-0.4, -0.2) is 117 Å². The van der Waals surface area contributed by atoms with E-state index in [1.165, 1.54) is 5.57 Å². The lowest BCUT2D eigenvalue weighted by atomic mass is 9.34. The van der Waals surface area contributed by atoms with Crippen molar-refractivity contribution in [2.75, 3.05) is 19.8 Å². The van der Waals surface area contributed by atoms with Crippen molar-refractivity contribution in [1.29, 1.82) is 0 Å². The fourth-order valence-corrected chi connectivity index (χ4v) is 12.7. The fourth-order valence-electron chi connectivity index (χ4n) is 12.7. The van der Waals surface area contributed by atoms with E-state index in [9.17, 15) is 40.5 Å². The molecule has 0 unspecified atom stereocenters. The summed E-state index contributed by atoms with van der Waals surface area (Å²) in [4.78, 5) is 12.9. The van der Waals surface area contributed by atoms with E-state index in [1.54, 1.807) is 0 Å². The number of hydrogen-bond acceptors (Lipinski definition) is 11. The number of allylic oxidation sites excluding steroid dienone is 3. The van der Waals surface area contributed by atoms with Crippen LogP contribution in [0.5, 0.6) is 0 Å². The van der Waals surface area contributed by atoms with Gasteiger partial charge in [0.05, 0.1) is 31.3 Å². The van der Waals surface area contributed by atoms with Gasteiger partial charge in [-0.05, 0) is 92.3 Å². The quantitative estimate of drug-likeness (QED) is 0.157. The minimum atomic E-state index is -1.61. The van der Waals surface area contributed by atoms with Crippen LogP contribution in [0.1, 0.15) is 91.9 Å². The van der Waals surface area contributed by atoms with E-state index in [2.05, 4.69) is 40.3 Å². The number of aliphatic hydroxyl groups is 6. The Hall–Kier alpha value is -1.45. The maximum Gasteiger partial charge on any atom is 0.310 e. The number of rotatable bonds is 6. The SMILES string of the molecule is C=C1CC[C@]2(C(=O)O)CC[C@]3(C)C(=CC[C@@H]4[C@@]5(C)CC[C@H](O[C@@H]6OC[C@H](O)[C@H](O)[C@H]6O[C@@H]6OC[C@@H](O)[C@H](O)[C@H]6O)[C@@](C)(CO)[C@@H]5CC[C@]43C)[C@H]2C1. The molecule has 17 atom stereocenters. The molecule has 7 aliphatic rings. The highest BCUT2D eigenvalue weighted by molar-refractivity contribution is 5.77. The smallest absolute Gasteiger partial charge is 0.310 e. The van der Waals surface area contributed by atoms with Crippen molar-refractivity contribution in [1.82, 2.24) is 0 Å². The van der Waals surface area contributed by atoms with E-state index < -0.39 is 72.1 Å². The number of carbonyl (C=O) groups is 1. The van der Waals surface area contributed by atoms with Crippen molar-refractivity contribution in [3.05, 3.63) is 23.8 Å². The van der Waals surface area contributed by atoms with Gasteiger partial charge in [-0.15, -0.1) is 0 Å². The normalized spacial score (nSPS) is 54.3. The molecular formula is C39H60O12. The van der Waals surface area contributed by atoms with E-state index in [-0.39, 0.29) is 47.9 Å². The van der Waals surface area contributed by atoms with Crippen LogP contribution in [0.25, 0.3) is 0 Å². The number of fused-ring (bicyclic) bond motifs is 7. The Balaban J connectivity index is 1.15. The molecule has 0 amide bonds. The molecule has 4 saturated carbocycles. The molecule has 0 aromatic carbocycles. The van der Waals surface area contributed by atoms with Crippen LogP contribution in [0.15, 0.2) is 23.8 Å². The van der Waals surface area contributed by atoms with Crippen LogP contribution in [0.4, 0.5) is 0 Å². The van der Waals surface area contributed by atoms with Gasteiger partial charge >= 0.3 is 5.97 Å². The molecule has 2 aliphatic heterocycles. The lowest BCUT2D eigenvalue weighted by Gasteiger charge is -2.71. The Kier molecular flexibility index (Phi) is 9.72. The van der Waals surface area contributed by atoms with Gasteiger partial charge in [-0.3, -0.25) is 4.79 Å². The molecule has 0 aromatic rings. The highest BCUT2D eigenvalue weighted by atomic mass is 16.7. The lowest BCUT2D eigenvalue weighted by Crippen LogP contribution is -2.66. The van der Waals surface area contributed by atoms with E-state index in [4.69, 9.17) is 18.9 Å². The summed E-state index contributed by atoms with van der Waals surface area (Å²) < 4.78 is 23.9. The molecule has 0 radical (unpaired) electrons. The van der Waals surface area contributed by atoms with Crippen molar-refractivity contribution >= 4 is 5.97 Å². The van der Waals surface area contributed by atoms with Gasteiger partial charge in [0.2, 0.25) is 0 Å². The monoisotopic (exact) mass is 720 g/mol. The number of carboxylic acid groups (broad SMARTS) is 1. The third-order valence-electron chi connectivity index (χ3n) is 16.0. The maximum absolute atomic E-state index is 12.9. The molecular weight excluding hydrogens is 660 g/mol. The summed E-state index contributed by atoms with van der Waals surface area (Å²) in [5, 5.41) is 74.0. The summed E-state index contributed by atoms with van der Waals surface area (Å²) in [6.45, 7) is 13.0. The van der Waals surface area contributed by atoms with Gasteiger partial charge in [0.15, 0.2) is 12.6 Å². The standard InChI is InChI=1S/C39H60O12/c1-20-8-13-39(34(46)47)15-14-37(4)21(22(39)16-20)6-7-26-35(2)11-10-27(36(3,19-40)25(35)9-12-38(26,37)5)50-33-31(29(44)24(42)18-49-33)51-32-30(45)28(43)23(41)17-48-32/h6,22-33,40-45H,1,7-19H2,2-5H3,(H,46,47)/t22-,23-,24+,25-,26-,27+,28+,29+,30-,31-,32+,33+,35+,36+,37-,38-,39+/m1/s1. The molecule has 51 heavy (non-hydrogen) atoms. The second-order valence-electron chi connectivity index (χ2n) is 18.2. The summed E-state index contributed by atoms with van der Waals surface area (Å²) in [5.74, 6) is -0.309. The first kappa shape index (κ1) is 37.8. The van der Waals surface area contributed by atoms with Gasteiger partial charge < -0.3 is 54.7 Å². The minimum Gasteiger partial charge on any atom is -0.481 e. The third-order valence-corrected chi connectivity index (χ3v) is 16.0. The van der Waals surface area contributed by atoms with Crippen molar-refractivity contribution in [2.45, 2.75) is 147 Å². The van der Waals surface area contributed by atoms with Crippen LogP contribution in [0.2, 0.25) is 0 Å². The van der Waals surface area contributed by atoms with E-state index >= 15 is 0 Å². The summed E-state index contributed by atoms with van der Waals surface area (Å²) in [5.41, 5.74) is 0.690. The van der Waals surface area contributed by atoms with E-state index in [0.717, 1.165) is 50.5 Å². The number of hydrogen-bond donors (Lipinski definition) is 7. The second-order valence-corrected chi connectivity index (χ2v) is 18.2. The summed E-state index contributed by atoms with van der Waals surface area (Å²) in [6.07, 6.45) is -1.36. The van der Waals surface area contributed by atoms with Crippen LogP contribution in [0, 0.1) is 44.8 Å². The lowest BCUT2D eigenvalue weighted by molar-refractivity contribution is -0.358.